The minimum Gasteiger partial charge on any atom is -0.328 e. The van der Waals surface area contributed by atoms with Gasteiger partial charge in [0.15, 0.2) is 11.5 Å². The molecule has 3 rings (SSSR count). The van der Waals surface area contributed by atoms with E-state index in [0.717, 1.165) is 5.56 Å². The average Bonchev–Trinajstić information content (AvgIpc) is 2.93. The summed E-state index contributed by atoms with van der Waals surface area (Å²) >= 11 is 0. The van der Waals surface area contributed by atoms with Crippen molar-refractivity contribution in [3.63, 3.8) is 0 Å². The Labute approximate surface area is 129 Å². The van der Waals surface area contributed by atoms with Crippen LogP contribution in [0.25, 0.3) is 0 Å². The van der Waals surface area contributed by atoms with Crippen LogP contribution in [-0.4, -0.2) is 47.8 Å². The normalized spacial score (nSPS) is 21.8. The van der Waals surface area contributed by atoms with Crippen molar-refractivity contribution in [1.29, 1.82) is 0 Å². The van der Waals surface area contributed by atoms with Gasteiger partial charge in [-0.25, -0.2) is 9.37 Å². The Kier molecular flexibility index (Phi) is 4.02. The summed E-state index contributed by atoms with van der Waals surface area (Å²) in [6.45, 7) is 0.307. The lowest BCUT2D eigenvalue weighted by Crippen LogP contribution is -2.44. The fourth-order valence-corrected chi connectivity index (χ4v) is 3.81. The van der Waals surface area contributed by atoms with E-state index in [0.29, 0.717) is 18.1 Å². The molecular formula is C14H15FN4O2S. The molecule has 0 spiro atoms. The number of aryl methyl sites for hydroxylation is 1. The molecule has 2 atom stereocenters. The highest BCUT2D eigenvalue weighted by atomic mass is 32.2. The Bertz CT molecular complexity index is 733. The summed E-state index contributed by atoms with van der Waals surface area (Å²) < 4.78 is 27.3. The van der Waals surface area contributed by atoms with Crippen molar-refractivity contribution in [3.8, 4) is 0 Å². The number of rotatable bonds is 2. The van der Waals surface area contributed by atoms with Gasteiger partial charge in [-0.3, -0.25) is 13.7 Å². The van der Waals surface area contributed by atoms with Gasteiger partial charge in [-0.2, -0.15) is 5.10 Å². The third-order valence-electron chi connectivity index (χ3n) is 3.61. The second kappa shape index (κ2) is 5.96. The average molecular weight is 322 g/mol. The predicted molar refractivity (Wildman–Crippen MR) is 79.1 cm³/mol. The number of hydrogen-bond donors (Lipinski definition) is 0. The molecule has 0 N–H and O–H groups in total. The van der Waals surface area contributed by atoms with Gasteiger partial charge in [-0.05, 0) is 12.1 Å². The fraction of sp³-hybridized carbons (Fsp3) is 0.357. The van der Waals surface area contributed by atoms with Crippen LogP contribution < -0.4 is 0 Å². The van der Waals surface area contributed by atoms with Crippen LogP contribution in [0.15, 0.2) is 30.7 Å². The monoisotopic (exact) mass is 322 g/mol. The molecule has 1 fully saturated rings. The zero-order valence-electron chi connectivity index (χ0n) is 12.0. The molecule has 8 heteroatoms. The SMILES string of the molecule is Cn1cc(C2CS(=O)CCN2C(=O)c2ncccc2F)cn1. The van der Waals surface area contributed by atoms with E-state index in [1.165, 1.54) is 23.2 Å². The molecular weight excluding hydrogens is 307 g/mol. The lowest BCUT2D eigenvalue weighted by Gasteiger charge is -2.34. The van der Waals surface area contributed by atoms with Gasteiger partial charge in [-0.1, -0.05) is 0 Å². The van der Waals surface area contributed by atoms with E-state index in [1.54, 1.807) is 24.1 Å². The lowest BCUT2D eigenvalue weighted by molar-refractivity contribution is 0.0688. The molecule has 0 radical (unpaired) electrons. The number of aromatic nitrogens is 3. The topological polar surface area (TPSA) is 68.1 Å². The molecule has 2 aromatic rings. The Hall–Kier alpha value is -2.09. The third kappa shape index (κ3) is 2.78. The van der Waals surface area contributed by atoms with E-state index in [1.807, 2.05) is 0 Å². The second-order valence-electron chi connectivity index (χ2n) is 5.11. The highest BCUT2D eigenvalue weighted by Gasteiger charge is 2.34. The number of carbonyl (C=O) groups excluding carboxylic acids is 1. The van der Waals surface area contributed by atoms with E-state index in [2.05, 4.69) is 10.1 Å². The highest BCUT2D eigenvalue weighted by molar-refractivity contribution is 7.85. The molecule has 1 aliphatic rings. The molecule has 0 aliphatic carbocycles. The van der Waals surface area contributed by atoms with Gasteiger partial charge in [0.05, 0.1) is 12.2 Å². The van der Waals surface area contributed by atoms with Crippen molar-refractivity contribution < 1.29 is 13.4 Å². The molecule has 0 aromatic carbocycles. The molecule has 22 heavy (non-hydrogen) atoms. The molecule has 6 nitrogen and oxygen atoms in total. The quantitative estimate of drug-likeness (QED) is 0.824. The molecule has 0 bridgehead atoms. The van der Waals surface area contributed by atoms with E-state index in [-0.39, 0.29) is 11.7 Å². The minimum atomic E-state index is -1.01. The molecule has 1 aliphatic heterocycles. The molecule has 2 aromatic heterocycles. The van der Waals surface area contributed by atoms with Crippen LogP contribution in [0.5, 0.6) is 0 Å². The molecule has 0 saturated carbocycles. The molecule has 1 saturated heterocycles. The van der Waals surface area contributed by atoms with Crippen LogP contribution >= 0.6 is 0 Å². The van der Waals surface area contributed by atoms with Crippen molar-refractivity contribution in [2.45, 2.75) is 6.04 Å². The number of hydrogen-bond acceptors (Lipinski definition) is 4. The van der Waals surface area contributed by atoms with Gasteiger partial charge in [0.1, 0.15) is 0 Å². The zero-order chi connectivity index (χ0) is 15.7. The van der Waals surface area contributed by atoms with Crippen LogP contribution in [-0.2, 0) is 17.8 Å². The van der Waals surface area contributed by atoms with Crippen LogP contribution in [0, 0.1) is 5.82 Å². The number of pyridine rings is 1. The van der Waals surface area contributed by atoms with Crippen molar-refractivity contribution in [2.75, 3.05) is 18.1 Å². The van der Waals surface area contributed by atoms with Crippen molar-refractivity contribution >= 4 is 16.7 Å². The zero-order valence-corrected chi connectivity index (χ0v) is 12.8. The first-order chi connectivity index (χ1) is 10.6. The summed E-state index contributed by atoms with van der Waals surface area (Å²) in [5.41, 5.74) is 0.587. The van der Waals surface area contributed by atoms with E-state index >= 15 is 0 Å². The summed E-state index contributed by atoms with van der Waals surface area (Å²) in [6.07, 6.45) is 4.81. The first kappa shape index (κ1) is 14.8. The Balaban J connectivity index is 1.94. The van der Waals surface area contributed by atoms with Gasteiger partial charge in [0.25, 0.3) is 5.91 Å². The predicted octanol–water partition coefficient (Wildman–Crippen LogP) is 0.900. The highest BCUT2D eigenvalue weighted by Crippen LogP contribution is 2.26. The molecule has 3 heterocycles. The summed E-state index contributed by atoms with van der Waals surface area (Å²) in [7, 11) is 0.766. The molecule has 116 valence electrons. The van der Waals surface area contributed by atoms with Crippen LogP contribution in [0.4, 0.5) is 4.39 Å². The first-order valence-corrected chi connectivity index (χ1v) is 8.30. The first-order valence-electron chi connectivity index (χ1n) is 6.81. The summed E-state index contributed by atoms with van der Waals surface area (Å²) in [6, 6.07) is 2.27. The minimum absolute atomic E-state index is 0.205. The summed E-state index contributed by atoms with van der Waals surface area (Å²) in [4.78, 5) is 18.0. The third-order valence-corrected chi connectivity index (χ3v) is 4.94. The summed E-state index contributed by atoms with van der Waals surface area (Å²) in [5, 5.41) is 4.09. The number of carbonyl (C=O) groups is 1. The van der Waals surface area contributed by atoms with E-state index in [9.17, 15) is 13.4 Å². The van der Waals surface area contributed by atoms with E-state index < -0.39 is 22.5 Å². The largest absolute Gasteiger partial charge is 0.328 e. The maximum Gasteiger partial charge on any atom is 0.276 e. The second-order valence-corrected chi connectivity index (χ2v) is 6.73. The Morgan fingerprint density at radius 1 is 1.50 bits per heavy atom. The number of halogens is 1. The number of amides is 1. The maximum atomic E-state index is 13.8. The van der Waals surface area contributed by atoms with Crippen molar-refractivity contribution in [3.05, 3.63) is 47.8 Å². The Morgan fingerprint density at radius 3 is 3.00 bits per heavy atom. The van der Waals surface area contributed by atoms with Crippen molar-refractivity contribution in [1.82, 2.24) is 19.7 Å². The summed E-state index contributed by atoms with van der Waals surface area (Å²) in [5.74, 6) is -0.421. The standard InChI is InChI=1S/C14H15FN4O2S/c1-18-8-10(7-17-18)12-9-22(21)6-5-19(12)14(20)13-11(15)3-2-4-16-13/h2-4,7-8,12H,5-6,9H2,1H3. The van der Waals surface area contributed by atoms with Gasteiger partial charge in [-0.15, -0.1) is 0 Å². The molecule has 2 unspecified atom stereocenters. The molecule has 1 amide bonds. The van der Waals surface area contributed by atoms with Gasteiger partial charge in [0, 0.05) is 53.9 Å². The maximum absolute atomic E-state index is 13.8. The van der Waals surface area contributed by atoms with Gasteiger partial charge in [0.2, 0.25) is 0 Å². The van der Waals surface area contributed by atoms with Gasteiger partial charge < -0.3 is 4.90 Å². The van der Waals surface area contributed by atoms with Crippen LogP contribution in [0.2, 0.25) is 0 Å². The van der Waals surface area contributed by atoms with Crippen LogP contribution in [0.1, 0.15) is 22.1 Å². The smallest absolute Gasteiger partial charge is 0.276 e. The Morgan fingerprint density at radius 2 is 2.32 bits per heavy atom. The van der Waals surface area contributed by atoms with Crippen molar-refractivity contribution in [2.24, 2.45) is 7.05 Å². The van der Waals surface area contributed by atoms with E-state index in [4.69, 9.17) is 0 Å². The fourth-order valence-electron chi connectivity index (χ4n) is 2.52. The number of nitrogens with zero attached hydrogens (tertiary/aromatic N) is 4. The van der Waals surface area contributed by atoms with Crippen LogP contribution in [0.3, 0.4) is 0 Å². The lowest BCUT2D eigenvalue weighted by atomic mass is 10.1. The van der Waals surface area contributed by atoms with Gasteiger partial charge >= 0.3 is 0 Å².